The minimum atomic E-state index is -3.73. The van der Waals surface area contributed by atoms with E-state index < -0.39 is 10.0 Å². The average Bonchev–Trinajstić information content (AvgIpc) is 2.26. The maximum atomic E-state index is 11.4. The molecule has 3 N–H and O–H groups in total. The van der Waals surface area contributed by atoms with E-state index in [0.717, 1.165) is 11.8 Å². The van der Waals surface area contributed by atoms with Gasteiger partial charge in [-0.2, -0.15) is 0 Å². The normalized spacial score (nSPS) is 11.0. The van der Waals surface area contributed by atoms with Crippen molar-refractivity contribution in [1.29, 1.82) is 0 Å². The molecule has 98 valence electrons. The zero-order valence-corrected chi connectivity index (χ0v) is 11.2. The Morgan fingerprint density at radius 3 is 2.28 bits per heavy atom. The minimum Gasteiger partial charge on any atom is -0.325 e. The van der Waals surface area contributed by atoms with E-state index in [9.17, 15) is 18.0 Å². The summed E-state index contributed by atoms with van der Waals surface area (Å²) in [6.45, 7) is 1.37. The molecule has 1 amide bonds. The van der Waals surface area contributed by atoms with Crippen LogP contribution in [-0.2, 0) is 19.6 Å². The van der Waals surface area contributed by atoms with Crippen molar-refractivity contribution in [3.8, 4) is 0 Å². The lowest BCUT2D eigenvalue weighted by Gasteiger charge is -2.05. The molecule has 1 rings (SSSR count). The van der Waals surface area contributed by atoms with Crippen molar-refractivity contribution < 1.29 is 18.0 Å². The van der Waals surface area contributed by atoms with Crippen molar-refractivity contribution in [3.05, 3.63) is 24.3 Å². The first-order valence-electron chi connectivity index (χ1n) is 4.85. The van der Waals surface area contributed by atoms with Gasteiger partial charge in [-0.15, -0.1) is 0 Å². The van der Waals surface area contributed by atoms with Crippen LogP contribution in [-0.4, -0.2) is 25.2 Å². The van der Waals surface area contributed by atoms with E-state index in [4.69, 9.17) is 5.14 Å². The number of anilines is 1. The van der Waals surface area contributed by atoms with Crippen molar-refractivity contribution in [2.75, 3.05) is 11.1 Å². The Kier molecular flexibility index (Phi) is 4.88. The summed E-state index contributed by atoms with van der Waals surface area (Å²) < 4.78 is 22.0. The van der Waals surface area contributed by atoms with Crippen LogP contribution < -0.4 is 10.5 Å². The van der Waals surface area contributed by atoms with E-state index in [1.165, 1.54) is 31.2 Å². The highest BCUT2D eigenvalue weighted by molar-refractivity contribution is 8.14. The summed E-state index contributed by atoms with van der Waals surface area (Å²) >= 11 is 0.899. The van der Waals surface area contributed by atoms with Gasteiger partial charge in [-0.1, -0.05) is 11.8 Å². The Bertz CT molecular complexity index is 552. The van der Waals surface area contributed by atoms with Gasteiger partial charge < -0.3 is 5.32 Å². The molecule has 6 nitrogen and oxygen atoms in total. The summed E-state index contributed by atoms with van der Waals surface area (Å²) in [7, 11) is -3.73. The molecule has 0 radical (unpaired) electrons. The molecule has 0 atom stereocenters. The predicted molar refractivity (Wildman–Crippen MR) is 69.6 cm³/mol. The van der Waals surface area contributed by atoms with E-state index in [-0.39, 0.29) is 21.7 Å². The van der Waals surface area contributed by atoms with E-state index >= 15 is 0 Å². The van der Waals surface area contributed by atoms with Crippen molar-refractivity contribution in [1.82, 2.24) is 0 Å². The van der Waals surface area contributed by atoms with Gasteiger partial charge in [-0.3, -0.25) is 9.59 Å². The first kappa shape index (κ1) is 14.7. The fourth-order valence-electron chi connectivity index (χ4n) is 1.09. The van der Waals surface area contributed by atoms with E-state index in [1.807, 2.05) is 0 Å². The maximum Gasteiger partial charge on any atom is 0.238 e. The molecule has 1 aromatic carbocycles. The Hall–Kier alpha value is -1.38. The number of carbonyl (C=O) groups excluding carboxylic acids is 2. The van der Waals surface area contributed by atoms with Crippen LogP contribution in [0.25, 0.3) is 0 Å². The molecule has 0 aromatic heterocycles. The number of nitrogens with one attached hydrogen (secondary N) is 1. The van der Waals surface area contributed by atoms with Gasteiger partial charge in [-0.05, 0) is 24.3 Å². The molecule has 0 aliphatic carbocycles. The molecule has 0 unspecified atom stereocenters. The van der Waals surface area contributed by atoms with Crippen LogP contribution in [0.3, 0.4) is 0 Å². The number of hydrogen-bond donors (Lipinski definition) is 2. The second kappa shape index (κ2) is 5.98. The van der Waals surface area contributed by atoms with Crippen molar-refractivity contribution in [2.45, 2.75) is 11.8 Å². The highest BCUT2D eigenvalue weighted by Crippen LogP contribution is 2.13. The number of primary sulfonamides is 1. The number of benzene rings is 1. The SMILES string of the molecule is CC(=O)SCC(=O)Nc1ccc(S(N)(=O)=O)cc1. The third-order valence-corrected chi connectivity index (χ3v) is 3.62. The molecule has 0 saturated heterocycles. The standard InChI is InChI=1S/C10H12N2O4S2/c1-7(13)17-6-10(14)12-8-2-4-9(5-3-8)18(11,15)16/h2-5H,6H2,1H3,(H,12,14)(H2,11,15,16). The third-order valence-electron chi connectivity index (χ3n) is 1.87. The first-order valence-corrected chi connectivity index (χ1v) is 7.38. The Morgan fingerprint density at radius 1 is 1.28 bits per heavy atom. The summed E-state index contributed by atoms with van der Waals surface area (Å²) in [5.41, 5.74) is 0.441. The highest BCUT2D eigenvalue weighted by Gasteiger charge is 2.08. The molecule has 0 spiro atoms. The second-order valence-electron chi connectivity index (χ2n) is 3.40. The highest BCUT2D eigenvalue weighted by atomic mass is 32.2. The fraction of sp³-hybridized carbons (Fsp3) is 0.200. The number of amides is 1. The molecule has 1 aromatic rings. The van der Waals surface area contributed by atoms with Gasteiger partial charge in [0, 0.05) is 12.6 Å². The van der Waals surface area contributed by atoms with Crippen LogP contribution >= 0.6 is 11.8 Å². The third kappa shape index (κ3) is 4.86. The van der Waals surface area contributed by atoms with Gasteiger partial charge in [0.25, 0.3) is 0 Å². The molecule has 0 saturated carbocycles. The maximum absolute atomic E-state index is 11.4. The van der Waals surface area contributed by atoms with E-state index in [2.05, 4.69) is 5.32 Å². The molecule has 0 aliphatic heterocycles. The van der Waals surface area contributed by atoms with E-state index in [0.29, 0.717) is 5.69 Å². The Balaban J connectivity index is 2.64. The van der Waals surface area contributed by atoms with Crippen LogP contribution in [0.15, 0.2) is 29.2 Å². The fourth-order valence-corrected chi connectivity index (χ4v) is 2.01. The quantitative estimate of drug-likeness (QED) is 0.841. The summed E-state index contributed by atoms with van der Waals surface area (Å²) in [5, 5.41) is 7.32. The largest absolute Gasteiger partial charge is 0.325 e. The number of thioether (sulfide) groups is 1. The molecule has 0 bridgehead atoms. The first-order chi connectivity index (χ1) is 8.29. The number of carbonyl (C=O) groups is 2. The lowest BCUT2D eigenvalue weighted by Crippen LogP contribution is -2.15. The van der Waals surface area contributed by atoms with Crippen molar-refractivity contribution in [3.63, 3.8) is 0 Å². The summed E-state index contributed by atoms with van der Waals surface area (Å²) in [5.74, 6) is -0.315. The van der Waals surface area contributed by atoms with Crippen LogP contribution in [0.5, 0.6) is 0 Å². The van der Waals surface area contributed by atoms with Gasteiger partial charge in [0.2, 0.25) is 15.9 Å². The lowest BCUT2D eigenvalue weighted by atomic mass is 10.3. The number of nitrogens with two attached hydrogens (primary N) is 1. The van der Waals surface area contributed by atoms with Crippen LogP contribution in [0.1, 0.15) is 6.92 Å². The predicted octanol–water partition coefficient (Wildman–Crippen LogP) is 0.552. The molecule has 0 heterocycles. The second-order valence-corrected chi connectivity index (χ2v) is 6.11. The smallest absolute Gasteiger partial charge is 0.238 e. The van der Waals surface area contributed by atoms with Gasteiger partial charge in [0.15, 0.2) is 5.12 Å². The molecule has 0 fully saturated rings. The molecule has 18 heavy (non-hydrogen) atoms. The van der Waals surface area contributed by atoms with Gasteiger partial charge in [0.1, 0.15) is 0 Å². The van der Waals surface area contributed by atoms with Crippen LogP contribution in [0.2, 0.25) is 0 Å². The number of rotatable bonds is 4. The summed E-state index contributed by atoms with van der Waals surface area (Å²) in [4.78, 5) is 22.0. The molecule has 8 heteroatoms. The lowest BCUT2D eigenvalue weighted by molar-refractivity contribution is -0.114. The average molecular weight is 288 g/mol. The Labute approximate surface area is 109 Å². The van der Waals surface area contributed by atoms with Crippen molar-refractivity contribution in [2.24, 2.45) is 5.14 Å². The van der Waals surface area contributed by atoms with Gasteiger partial charge in [0.05, 0.1) is 10.6 Å². The summed E-state index contributed by atoms with van der Waals surface area (Å²) in [6, 6.07) is 5.44. The molecular formula is C10H12N2O4S2. The number of hydrogen-bond acceptors (Lipinski definition) is 5. The van der Waals surface area contributed by atoms with Crippen molar-refractivity contribution >= 4 is 38.5 Å². The minimum absolute atomic E-state index is 0.0201. The monoisotopic (exact) mass is 288 g/mol. The zero-order valence-electron chi connectivity index (χ0n) is 9.54. The summed E-state index contributed by atoms with van der Waals surface area (Å²) in [6.07, 6.45) is 0. The number of sulfonamides is 1. The Morgan fingerprint density at radius 2 is 1.83 bits per heavy atom. The van der Waals surface area contributed by atoms with Crippen LogP contribution in [0.4, 0.5) is 5.69 Å². The van der Waals surface area contributed by atoms with Crippen LogP contribution in [0, 0.1) is 0 Å². The topological polar surface area (TPSA) is 106 Å². The van der Waals surface area contributed by atoms with Gasteiger partial charge in [-0.25, -0.2) is 13.6 Å². The molecular weight excluding hydrogens is 276 g/mol. The zero-order chi connectivity index (χ0) is 13.8. The molecule has 0 aliphatic rings. The van der Waals surface area contributed by atoms with Gasteiger partial charge >= 0.3 is 0 Å². The van der Waals surface area contributed by atoms with E-state index in [1.54, 1.807) is 0 Å².